The Balaban J connectivity index is 1.69. The number of nitrogens with zero attached hydrogens (tertiary/aromatic N) is 2. The first-order valence-corrected chi connectivity index (χ1v) is 14.7. The molecule has 5 rings (SSSR count). The summed E-state index contributed by atoms with van der Waals surface area (Å²) in [5.41, 5.74) is 4.65. The predicted molar refractivity (Wildman–Crippen MR) is 162 cm³/mol. The fraction of sp³-hybridized carbons (Fsp3) is 0.424. The highest BCUT2D eigenvalue weighted by Crippen LogP contribution is 2.53. The maximum Gasteiger partial charge on any atom is 0.255 e. The molecule has 0 spiro atoms. The van der Waals surface area contributed by atoms with Crippen LogP contribution in [-0.4, -0.2) is 93.6 Å². The van der Waals surface area contributed by atoms with Crippen molar-refractivity contribution in [1.29, 1.82) is 0 Å². The summed E-state index contributed by atoms with van der Waals surface area (Å²) in [4.78, 5) is 43.6. The van der Waals surface area contributed by atoms with E-state index in [2.05, 4.69) is 18.7 Å². The smallest absolute Gasteiger partial charge is 0.255 e. The summed E-state index contributed by atoms with van der Waals surface area (Å²) >= 11 is 0. The van der Waals surface area contributed by atoms with E-state index in [9.17, 15) is 34.8 Å². The van der Waals surface area contributed by atoms with Crippen LogP contribution in [0.2, 0.25) is 0 Å². The molecule has 6 N–H and O–H groups in total. The van der Waals surface area contributed by atoms with Gasteiger partial charge in [0.15, 0.2) is 11.4 Å². The zero-order valence-electron chi connectivity index (χ0n) is 25.5. The summed E-state index contributed by atoms with van der Waals surface area (Å²) in [5.74, 6) is -6.24. The molecule has 0 fully saturated rings. The number of nitrogens with two attached hydrogens (primary N) is 1. The second-order valence-electron chi connectivity index (χ2n) is 11.9. The third-order valence-electron chi connectivity index (χ3n) is 9.46. The van der Waals surface area contributed by atoms with E-state index in [1.165, 1.54) is 11.0 Å². The van der Waals surface area contributed by atoms with Crippen molar-refractivity contribution in [3.63, 3.8) is 0 Å². The molecule has 0 heterocycles. The summed E-state index contributed by atoms with van der Waals surface area (Å²) in [6.07, 6.45) is 0.196. The summed E-state index contributed by atoms with van der Waals surface area (Å²) in [7, 11) is 4.76. The Bertz CT molecular complexity index is 1620. The molecule has 2 aromatic rings. The Hall–Kier alpha value is -4.19. The lowest BCUT2D eigenvalue weighted by molar-refractivity contribution is -0.148. The molecule has 4 atom stereocenters. The van der Waals surface area contributed by atoms with Gasteiger partial charge in [0.25, 0.3) is 5.91 Å². The highest BCUT2D eigenvalue weighted by molar-refractivity contribution is 6.25. The molecule has 0 radical (unpaired) electrons. The van der Waals surface area contributed by atoms with E-state index >= 15 is 0 Å². The summed E-state index contributed by atoms with van der Waals surface area (Å²) in [5, 5.41) is 45.3. The van der Waals surface area contributed by atoms with Crippen LogP contribution < -0.4 is 10.5 Å². The minimum Gasteiger partial charge on any atom is -0.510 e. The Morgan fingerprint density at radius 1 is 1.07 bits per heavy atom. The molecule has 3 aliphatic rings. The molecule has 2 aromatic carbocycles. The van der Waals surface area contributed by atoms with Crippen LogP contribution in [0.25, 0.3) is 11.1 Å². The highest BCUT2D eigenvalue weighted by atomic mass is 16.5. The number of benzene rings is 2. The van der Waals surface area contributed by atoms with Crippen LogP contribution in [0.5, 0.6) is 11.5 Å². The van der Waals surface area contributed by atoms with Gasteiger partial charge in [0.05, 0.1) is 18.7 Å². The number of Topliss-reactive ketones (excluding diaryl/α,β-unsaturated/α-hetero) is 2. The number of aliphatic hydroxyl groups excluding tert-OH is 2. The molecule has 11 nitrogen and oxygen atoms in total. The van der Waals surface area contributed by atoms with Crippen LogP contribution in [-0.2, 0) is 22.6 Å². The summed E-state index contributed by atoms with van der Waals surface area (Å²) in [6.45, 7) is 6.63. The fourth-order valence-corrected chi connectivity index (χ4v) is 7.27. The second-order valence-corrected chi connectivity index (χ2v) is 11.9. The first-order valence-electron chi connectivity index (χ1n) is 14.7. The first kappa shape index (κ1) is 31.2. The van der Waals surface area contributed by atoms with Crippen molar-refractivity contribution < 1.29 is 39.5 Å². The van der Waals surface area contributed by atoms with Gasteiger partial charge in [-0.2, -0.15) is 0 Å². The lowest BCUT2D eigenvalue weighted by Gasteiger charge is -2.50. The van der Waals surface area contributed by atoms with Crippen molar-refractivity contribution in [2.45, 2.75) is 44.9 Å². The lowest BCUT2D eigenvalue weighted by Crippen LogP contribution is -2.63. The van der Waals surface area contributed by atoms with Gasteiger partial charge in [0, 0.05) is 23.6 Å². The number of carbonyl (C=O) groups is 3. The molecule has 44 heavy (non-hydrogen) atoms. The van der Waals surface area contributed by atoms with E-state index in [1.54, 1.807) is 27.3 Å². The number of hydrogen-bond donors (Lipinski definition) is 5. The fourth-order valence-electron chi connectivity index (χ4n) is 7.27. The average molecular weight is 606 g/mol. The van der Waals surface area contributed by atoms with Gasteiger partial charge in [0.2, 0.25) is 5.78 Å². The normalized spacial score (nSPS) is 24.9. The number of aliphatic hydroxyl groups is 3. The van der Waals surface area contributed by atoms with Crippen molar-refractivity contribution >= 4 is 17.5 Å². The number of methoxy groups -OCH3 is 1. The molecule has 11 heteroatoms. The highest BCUT2D eigenvalue weighted by Gasteiger charge is 2.63. The number of allylic oxidation sites excluding steroid dienone is 1. The topological polar surface area (TPSA) is 174 Å². The molecular weight excluding hydrogens is 566 g/mol. The number of amides is 1. The van der Waals surface area contributed by atoms with Gasteiger partial charge < -0.3 is 30.9 Å². The van der Waals surface area contributed by atoms with Gasteiger partial charge in [-0.05, 0) is 80.8 Å². The molecule has 234 valence electrons. The Labute approximate surface area is 255 Å². The number of rotatable bonds is 8. The van der Waals surface area contributed by atoms with Gasteiger partial charge in [0.1, 0.15) is 28.6 Å². The second kappa shape index (κ2) is 11.4. The number of likely N-dealkylation sites (N-methyl/N-ethyl adjacent to an activating group) is 1. The van der Waals surface area contributed by atoms with Crippen LogP contribution in [0.15, 0.2) is 53.0 Å². The minimum absolute atomic E-state index is 0.0139. The molecule has 3 aliphatic carbocycles. The van der Waals surface area contributed by atoms with Gasteiger partial charge in [-0.15, -0.1) is 0 Å². The maximum absolute atomic E-state index is 14.1. The molecule has 0 saturated carbocycles. The molecule has 1 amide bonds. The first-order chi connectivity index (χ1) is 20.8. The van der Waals surface area contributed by atoms with Crippen molar-refractivity contribution in [2.24, 2.45) is 17.6 Å². The zero-order chi connectivity index (χ0) is 32.2. The molecule has 1 unspecified atom stereocenters. The van der Waals surface area contributed by atoms with Crippen molar-refractivity contribution in [3.05, 3.63) is 69.7 Å². The molecule has 0 saturated heterocycles. The van der Waals surface area contributed by atoms with Gasteiger partial charge in [-0.1, -0.05) is 26.0 Å². The van der Waals surface area contributed by atoms with E-state index in [0.717, 1.165) is 24.2 Å². The summed E-state index contributed by atoms with van der Waals surface area (Å²) in [6, 6.07) is 7.95. The monoisotopic (exact) mass is 605 g/mol. The largest absolute Gasteiger partial charge is 0.510 e. The van der Waals surface area contributed by atoms with Crippen molar-refractivity contribution in [3.8, 4) is 22.6 Å². The minimum atomic E-state index is -2.68. The molecule has 0 aliphatic heterocycles. The van der Waals surface area contributed by atoms with Gasteiger partial charge >= 0.3 is 0 Å². The lowest BCUT2D eigenvalue weighted by atomic mass is 9.58. The van der Waals surface area contributed by atoms with Crippen LogP contribution in [0, 0.1) is 11.8 Å². The number of phenols is 1. The number of ketones is 2. The van der Waals surface area contributed by atoms with Gasteiger partial charge in [-0.25, -0.2) is 0 Å². The number of ether oxygens (including phenoxy) is 1. The van der Waals surface area contributed by atoms with Crippen molar-refractivity contribution in [1.82, 2.24) is 9.80 Å². The summed E-state index contributed by atoms with van der Waals surface area (Å²) < 4.78 is 5.70. The number of phenolic OH excluding ortho intramolecular Hbond substituents is 1. The van der Waals surface area contributed by atoms with Gasteiger partial charge in [-0.3, -0.25) is 24.2 Å². The van der Waals surface area contributed by atoms with E-state index in [0.29, 0.717) is 23.4 Å². The maximum atomic E-state index is 14.1. The number of carbonyl (C=O) groups excluding carboxylic acids is 3. The quantitative estimate of drug-likeness (QED) is 0.282. The molecule has 0 bridgehead atoms. The number of hydrogen-bond acceptors (Lipinski definition) is 10. The van der Waals surface area contributed by atoms with Crippen LogP contribution >= 0.6 is 0 Å². The number of fused-ring (bicyclic) bond motifs is 3. The third kappa shape index (κ3) is 4.58. The molecular formula is C33H39N3O8. The van der Waals surface area contributed by atoms with E-state index < -0.39 is 58.0 Å². The SMILES string of the molecule is CCN(CC)Cc1ccc(OC)c(-c2ccc(O)c3c2C[C@H]2C[C@H]4C(N(C)C)C(O)=C(C(N)=O)C(=O)[C@@]4(O)C(O)=C2C3=O)c1. The van der Waals surface area contributed by atoms with Crippen molar-refractivity contribution in [2.75, 3.05) is 34.3 Å². The standard InChI is InChI=1S/C33H39N3O8/c1-6-36(7-2)15-16-8-11-23(44-5)19(12-16)18-9-10-22(37)25-20(18)13-17-14-21-27(35(3)4)29(39)26(32(34)42)31(41)33(21,43)30(40)24(17)28(25)38/h8-12,17,21,27,37,39-40,43H,6-7,13-15H2,1-5H3,(H2,34,42)/t17-,21-,27?,33-/m0/s1. The van der Waals surface area contributed by atoms with E-state index in [1.807, 2.05) is 18.2 Å². The number of aromatic hydroxyl groups is 1. The zero-order valence-corrected chi connectivity index (χ0v) is 25.5. The molecule has 0 aromatic heterocycles. The Kier molecular flexibility index (Phi) is 8.08. The van der Waals surface area contributed by atoms with Crippen LogP contribution in [0.4, 0.5) is 0 Å². The van der Waals surface area contributed by atoms with Crippen LogP contribution in [0.3, 0.4) is 0 Å². The van der Waals surface area contributed by atoms with Crippen LogP contribution in [0.1, 0.15) is 41.8 Å². The predicted octanol–water partition coefficient (Wildman–Crippen LogP) is 2.64. The van der Waals surface area contributed by atoms with E-state index in [4.69, 9.17) is 10.5 Å². The average Bonchev–Trinajstić information content (AvgIpc) is 2.97. The Morgan fingerprint density at radius 3 is 2.34 bits per heavy atom. The number of primary amides is 1. The third-order valence-corrected chi connectivity index (χ3v) is 9.46. The Morgan fingerprint density at radius 2 is 1.75 bits per heavy atom. The van der Waals surface area contributed by atoms with E-state index in [-0.39, 0.29) is 29.7 Å².